The second kappa shape index (κ2) is 9.96. The van der Waals surface area contributed by atoms with Gasteiger partial charge in [0.2, 0.25) is 5.91 Å². The molecule has 0 bridgehead atoms. The summed E-state index contributed by atoms with van der Waals surface area (Å²) in [6.07, 6.45) is 0.302. The summed E-state index contributed by atoms with van der Waals surface area (Å²) < 4.78 is 11.4. The van der Waals surface area contributed by atoms with Crippen molar-refractivity contribution >= 4 is 44.9 Å². The minimum Gasteiger partial charge on any atom is -0.493 e. The first-order chi connectivity index (χ1) is 11.6. The Morgan fingerprint density at radius 3 is 2.71 bits per heavy atom. The number of ether oxygens (including phenoxy) is 2. The van der Waals surface area contributed by atoms with Crippen molar-refractivity contribution in [3.05, 3.63) is 44.6 Å². The molecule has 1 N–H and O–H groups in total. The third-order valence-corrected chi connectivity index (χ3v) is 5.82. The van der Waals surface area contributed by atoms with Gasteiger partial charge in [0, 0.05) is 22.5 Å². The number of rotatable bonds is 9. The van der Waals surface area contributed by atoms with Crippen LogP contribution in [0.25, 0.3) is 0 Å². The molecular weight excluding hydrogens is 410 g/mol. The van der Waals surface area contributed by atoms with Crippen LogP contribution >= 0.6 is 39.0 Å². The van der Waals surface area contributed by atoms with E-state index >= 15 is 0 Å². The van der Waals surface area contributed by atoms with E-state index < -0.39 is 0 Å². The van der Waals surface area contributed by atoms with Gasteiger partial charge in [-0.05, 0) is 40.1 Å². The molecule has 24 heavy (non-hydrogen) atoms. The van der Waals surface area contributed by atoms with Crippen LogP contribution in [0.3, 0.4) is 0 Å². The summed E-state index contributed by atoms with van der Waals surface area (Å²) in [5.41, 5.74) is 2.21. The first kappa shape index (κ1) is 19.1. The lowest BCUT2D eigenvalue weighted by Crippen LogP contribution is -2.27. The first-order valence-electron chi connectivity index (χ1n) is 7.40. The molecule has 0 aliphatic rings. The summed E-state index contributed by atoms with van der Waals surface area (Å²) in [7, 11) is 3.17. The largest absolute Gasteiger partial charge is 0.493 e. The van der Waals surface area contributed by atoms with Crippen LogP contribution in [0.4, 0.5) is 0 Å². The van der Waals surface area contributed by atoms with Gasteiger partial charge >= 0.3 is 0 Å². The molecule has 0 saturated carbocycles. The summed E-state index contributed by atoms with van der Waals surface area (Å²) in [5, 5.41) is 7.19. The number of thiophene rings is 1. The summed E-state index contributed by atoms with van der Waals surface area (Å²) >= 11 is 7.01. The number of hydrogen-bond acceptors (Lipinski definition) is 5. The van der Waals surface area contributed by atoms with Gasteiger partial charge in [-0.1, -0.05) is 15.9 Å². The Balaban J connectivity index is 1.77. The molecule has 1 amide bonds. The van der Waals surface area contributed by atoms with Crippen LogP contribution in [0.5, 0.6) is 11.5 Å². The molecule has 0 aliphatic heterocycles. The maximum atomic E-state index is 12.1. The highest BCUT2D eigenvalue weighted by Gasteiger charge is 2.12. The molecule has 0 aliphatic carbocycles. The van der Waals surface area contributed by atoms with E-state index in [1.807, 2.05) is 23.9 Å². The number of carbonyl (C=O) groups is 1. The van der Waals surface area contributed by atoms with Crippen LogP contribution < -0.4 is 14.8 Å². The standard InChI is InChI=1S/C17H20BrNO3S2/c1-21-15-7-13(14(18)9-16(15)22-2)8-17(20)19-4-6-24-11-12-3-5-23-10-12/h3,5,7,9-10H,4,6,8,11H2,1-2H3,(H,19,20). The number of methoxy groups -OCH3 is 2. The average Bonchev–Trinajstić information content (AvgIpc) is 3.09. The number of hydrogen-bond donors (Lipinski definition) is 1. The molecule has 2 rings (SSSR count). The molecule has 1 aromatic carbocycles. The molecule has 0 saturated heterocycles. The topological polar surface area (TPSA) is 47.6 Å². The van der Waals surface area contributed by atoms with E-state index in [9.17, 15) is 4.79 Å². The van der Waals surface area contributed by atoms with Gasteiger partial charge < -0.3 is 14.8 Å². The van der Waals surface area contributed by atoms with Gasteiger partial charge in [0.1, 0.15) is 0 Å². The van der Waals surface area contributed by atoms with Crippen LogP contribution in [0.1, 0.15) is 11.1 Å². The molecule has 0 atom stereocenters. The number of thioether (sulfide) groups is 1. The van der Waals surface area contributed by atoms with E-state index in [1.165, 1.54) is 5.56 Å². The molecule has 0 radical (unpaired) electrons. The lowest BCUT2D eigenvalue weighted by Gasteiger charge is -2.12. The zero-order valence-electron chi connectivity index (χ0n) is 13.6. The van der Waals surface area contributed by atoms with E-state index in [1.54, 1.807) is 25.6 Å². The number of benzene rings is 1. The summed E-state index contributed by atoms with van der Waals surface area (Å²) in [5.74, 6) is 3.14. The van der Waals surface area contributed by atoms with Crippen molar-refractivity contribution in [3.63, 3.8) is 0 Å². The number of nitrogens with one attached hydrogen (secondary N) is 1. The predicted molar refractivity (Wildman–Crippen MR) is 104 cm³/mol. The maximum absolute atomic E-state index is 12.1. The Bertz CT molecular complexity index is 662. The predicted octanol–water partition coefficient (Wildman–Crippen LogP) is 4.12. The van der Waals surface area contributed by atoms with E-state index in [0.717, 1.165) is 21.5 Å². The van der Waals surface area contributed by atoms with E-state index in [0.29, 0.717) is 24.5 Å². The molecule has 2 aromatic rings. The van der Waals surface area contributed by atoms with Gasteiger partial charge in [-0.25, -0.2) is 0 Å². The molecule has 0 fully saturated rings. The minimum atomic E-state index is -0.000877. The molecule has 0 unspecified atom stereocenters. The average molecular weight is 430 g/mol. The Morgan fingerprint density at radius 2 is 2.04 bits per heavy atom. The van der Waals surface area contributed by atoms with E-state index in [2.05, 4.69) is 38.1 Å². The first-order valence-corrected chi connectivity index (χ1v) is 10.3. The SMILES string of the molecule is COc1cc(Br)c(CC(=O)NCCSCc2ccsc2)cc1OC. The monoisotopic (exact) mass is 429 g/mol. The van der Waals surface area contributed by atoms with E-state index in [4.69, 9.17) is 9.47 Å². The fourth-order valence-electron chi connectivity index (χ4n) is 2.09. The minimum absolute atomic E-state index is 0.000877. The molecule has 1 aromatic heterocycles. The fourth-order valence-corrected chi connectivity index (χ4v) is 4.14. The second-order valence-electron chi connectivity index (χ2n) is 5.01. The van der Waals surface area contributed by atoms with Crippen LogP contribution in [0, 0.1) is 0 Å². The highest BCUT2D eigenvalue weighted by atomic mass is 79.9. The quantitative estimate of drug-likeness (QED) is 0.608. The molecule has 130 valence electrons. The zero-order chi connectivity index (χ0) is 17.4. The van der Waals surface area contributed by atoms with Crippen molar-refractivity contribution in [1.29, 1.82) is 0 Å². The molecule has 0 spiro atoms. The Hall–Kier alpha value is -1.18. The van der Waals surface area contributed by atoms with Gasteiger partial charge in [0.25, 0.3) is 0 Å². The Labute approximate surface area is 159 Å². The lowest BCUT2D eigenvalue weighted by atomic mass is 10.1. The van der Waals surface area contributed by atoms with Gasteiger partial charge in [0.15, 0.2) is 11.5 Å². The molecule has 7 heteroatoms. The van der Waals surface area contributed by atoms with Crippen LogP contribution in [-0.4, -0.2) is 32.4 Å². The van der Waals surface area contributed by atoms with Gasteiger partial charge in [-0.3, -0.25) is 4.79 Å². The number of halogens is 1. The van der Waals surface area contributed by atoms with Crippen molar-refractivity contribution in [2.45, 2.75) is 12.2 Å². The highest BCUT2D eigenvalue weighted by molar-refractivity contribution is 9.10. The van der Waals surface area contributed by atoms with Gasteiger partial charge in [-0.15, -0.1) is 0 Å². The summed E-state index contributed by atoms with van der Waals surface area (Å²) in [6.45, 7) is 0.665. The molecule has 1 heterocycles. The third kappa shape index (κ3) is 5.72. The van der Waals surface area contributed by atoms with Gasteiger partial charge in [0.05, 0.1) is 20.6 Å². The summed E-state index contributed by atoms with van der Waals surface area (Å²) in [6, 6.07) is 5.77. The highest BCUT2D eigenvalue weighted by Crippen LogP contribution is 2.33. The maximum Gasteiger partial charge on any atom is 0.224 e. The van der Waals surface area contributed by atoms with Crippen molar-refractivity contribution in [2.24, 2.45) is 0 Å². The van der Waals surface area contributed by atoms with Crippen LogP contribution in [0.2, 0.25) is 0 Å². The van der Waals surface area contributed by atoms with Crippen molar-refractivity contribution < 1.29 is 14.3 Å². The Morgan fingerprint density at radius 1 is 1.29 bits per heavy atom. The number of carbonyl (C=O) groups excluding carboxylic acids is 1. The molecule has 4 nitrogen and oxygen atoms in total. The summed E-state index contributed by atoms with van der Waals surface area (Å²) in [4.78, 5) is 12.1. The fraction of sp³-hybridized carbons (Fsp3) is 0.353. The smallest absolute Gasteiger partial charge is 0.224 e. The van der Waals surface area contributed by atoms with Crippen LogP contribution in [0.15, 0.2) is 33.4 Å². The second-order valence-corrected chi connectivity index (χ2v) is 7.75. The number of amides is 1. The Kier molecular flexibility index (Phi) is 7.94. The third-order valence-electron chi connectivity index (χ3n) is 3.32. The zero-order valence-corrected chi connectivity index (χ0v) is 16.9. The molecular formula is C17H20BrNO3S2. The van der Waals surface area contributed by atoms with Crippen molar-refractivity contribution in [3.8, 4) is 11.5 Å². The van der Waals surface area contributed by atoms with Crippen molar-refractivity contribution in [1.82, 2.24) is 5.32 Å². The normalized spacial score (nSPS) is 10.5. The van der Waals surface area contributed by atoms with Crippen molar-refractivity contribution in [2.75, 3.05) is 26.5 Å². The van der Waals surface area contributed by atoms with E-state index in [-0.39, 0.29) is 5.91 Å². The lowest BCUT2D eigenvalue weighted by molar-refractivity contribution is -0.120. The van der Waals surface area contributed by atoms with Gasteiger partial charge in [-0.2, -0.15) is 23.1 Å². The van der Waals surface area contributed by atoms with Crippen LogP contribution in [-0.2, 0) is 17.0 Å².